The topological polar surface area (TPSA) is 184 Å². The van der Waals surface area contributed by atoms with Crippen molar-refractivity contribution in [2.75, 3.05) is 15.0 Å². The summed E-state index contributed by atoms with van der Waals surface area (Å²) < 4.78 is 52.3. The van der Waals surface area contributed by atoms with Crippen LogP contribution in [0, 0.1) is 11.3 Å². The van der Waals surface area contributed by atoms with Crippen molar-refractivity contribution in [2.24, 2.45) is 5.14 Å². The van der Waals surface area contributed by atoms with Gasteiger partial charge in [0, 0.05) is 28.5 Å². The van der Waals surface area contributed by atoms with Gasteiger partial charge in [0.05, 0.1) is 22.3 Å². The Balaban J connectivity index is 1.69. The third-order valence-electron chi connectivity index (χ3n) is 7.94. The Morgan fingerprint density at radius 2 is 1.80 bits per heavy atom. The fraction of sp³-hybridized carbons (Fsp3) is 0.333. The molecule has 0 bridgehead atoms. The second-order valence-corrected chi connectivity index (χ2v) is 14.9. The quantitative estimate of drug-likeness (QED) is 0.365. The monoisotopic (exact) mass is 670 g/mol. The number of anilines is 2. The van der Waals surface area contributed by atoms with Crippen LogP contribution in [0.4, 0.5) is 11.5 Å². The summed E-state index contributed by atoms with van der Waals surface area (Å²) in [6, 6.07) is 13.3. The van der Waals surface area contributed by atoms with Gasteiger partial charge >= 0.3 is 0 Å². The predicted molar refractivity (Wildman–Crippen MR) is 168 cm³/mol. The molecule has 1 saturated heterocycles. The smallest absolute Gasteiger partial charge is 0.252 e. The van der Waals surface area contributed by atoms with Gasteiger partial charge in [-0.1, -0.05) is 55.1 Å². The zero-order valence-electron chi connectivity index (χ0n) is 24.0. The van der Waals surface area contributed by atoms with Gasteiger partial charge in [-0.05, 0) is 55.7 Å². The molecule has 1 aliphatic carbocycles. The van der Waals surface area contributed by atoms with E-state index < -0.39 is 49.7 Å². The van der Waals surface area contributed by atoms with Gasteiger partial charge in [-0.15, -0.1) is 0 Å². The Hall–Kier alpha value is -4.03. The number of sulfonamides is 2. The highest BCUT2D eigenvalue weighted by Crippen LogP contribution is 2.37. The summed E-state index contributed by atoms with van der Waals surface area (Å²) in [6.07, 6.45) is 5.47. The number of carbonyl (C=O) groups is 2. The maximum Gasteiger partial charge on any atom is 0.252 e. The van der Waals surface area contributed by atoms with E-state index in [-0.39, 0.29) is 45.0 Å². The van der Waals surface area contributed by atoms with Crippen LogP contribution < -0.4 is 19.7 Å². The molecule has 1 aromatic heterocycles. The Labute approximate surface area is 266 Å². The van der Waals surface area contributed by atoms with E-state index in [1.165, 1.54) is 36.5 Å². The number of aromatic nitrogens is 1. The Bertz CT molecular complexity index is 1880. The van der Waals surface area contributed by atoms with Crippen LogP contribution in [-0.2, 0) is 29.6 Å². The summed E-state index contributed by atoms with van der Waals surface area (Å²) in [6.45, 7) is 0. The molecule has 15 heteroatoms. The zero-order valence-corrected chi connectivity index (χ0v) is 26.4. The number of hydrogen-bond donors (Lipinski definition) is 2. The first-order chi connectivity index (χ1) is 21.4. The average molecular weight is 671 g/mol. The van der Waals surface area contributed by atoms with Crippen LogP contribution in [0.2, 0.25) is 5.02 Å². The number of primary sulfonamides is 1. The number of amides is 2. The van der Waals surface area contributed by atoms with Gasteiger partial charge in [0.2, 0.25) is 26.0 Å². The fourth-order valence-electron chi connectivity index (χ4n) is 5.80. The maximum atomic E-state index is 14.8. The van der Waals surface area contributed by atoms with Crippen LogP contribution in [0.3, 0.4) is 0 Å². The molecule has 0 unspecified atom stereocenters. The van der Waals surface area contributed by atoms with Crippen LogP contribution >= 0.6 is 11.6 Å². The Morgan fingerprint density at radius 3 is 2.49 bits per heavy atom. The van der Waals surface area contributed by atoms with Crippen molar-refractivity contribution in [1.29, 1.82) is 5.26 Å². The highest BCUT2D eigenvalue weighted by Gasteiger charge is 2.47. The normalized spacial score (nSPS) is 19.0. The van der Waals surface area contributed by atoms with Crippen LogP contribution in [0.5, 0.6) is 0 Å². The molecule has 45 heavy (non-hydrogen) atoms. The second kappa shape index (κ2) is 13.1. The van der Waals surface area contributed by atoms with Crippen LogP contribution in [0.1, 0.15) is 55.7 Å². The molecular formula is C30H31ClN6O6S2. The lowest BCUT2D eigenvalue weighted by Crippen LogP contribution is -2.53. The van der Waals surface area contributed by atoms with Crippen molar-refractivity contribution >= 4 is 55.0 Å². The Kier molecular flexibility index (Phi) is 9.45. The second-order valence-electron chi connectivity index (χ2n) is 10.9. The molecule has 3 N–H and O–H groups in total. The Morgan fingerprint density at radius 1 is 1.07 bits per heavy atom. The number of rotatable bonds is 8. The summed E-state index contributed by atoms with van der Waals surface area (Å²) in [5.41, 5.74) is 0.365. The number of benzene rings is 2. The SMILES string of the molecule is N#Cc1ccnc(N2[C@H](C(=O)N(c3cccc(S(N)(=O)=O)c3)[C@H](C(=O)NC3CCCCC3)c3ccccc3Cl)CCS2(=O)=O)c1. The largest absolute Gasteiger partial charge is 0.351 e. The molecule has 0 spiro atoms. The summed E-state index contributed by atoms with van der Waals surface area (Å²) in [7, 11) is -8.31. The van der Waals surface area contributed by atoms with E-state index in [9.17, 15) is 31.7 Å². The van der Waals surface area contributed by atoms with Gasteiger partial charge in [0.15, 0.2) is 0 Å². The maximum absolute atomic E-state index is 14.8. The number of nitrogens with one attached hydrogen (secondary N) is 1. The van der Waals surface area contributed by atoms with Crippen molar-refractivity contribution in [3.05, 3.63) is 83.0 Å². The third-order valence-corrected chi connectivity index (χ3v) is 11.0. The molecule has 1 saturated carbocycles. The number of hydrogen-bond acceptors (Lipinski definition) is 8. The number of nitrogens with two attached hydrogens (primary N) is 1. The first-order valence-corrected chi connectivity index (χ1v) is 17.8. The number of nitriles is 1. The molecule has 1 aliphatic heterocycles. The van der Waals surface area contributed by atoms with Gasteiger partial charge in [0.25, 0.3) is 5.91 Å². The molecule has 2 amide bonds. The molecule has 2 atom stereocenters. The van der Waals surface area contributed by atoms with E-state index in [2.05, 4.69) is 10.3 Å². The minimum absolute atomic E-state index is 0.0155. The van der Waals surface area contributed by atoms with E-state index in [4.69, 9.17) is 16.7 Å². The summed E-state index contributed by atoms with van der Waals surface area (Å²) in [5.74, 6) is -1.93. The number of halogens is 1. The van der Waals surface area contributed by atoms with Crippen LogP contribution in [0.15, 0.2) is 71.8 Å². The van der Waals surface area contributed by atoms with Crippen molar-refractivity contribution in [2.45, 2.75) is 61.5 Å². The number of nitrogens with zero attached hydrogens (tertiary/aromatic N) is 4. The summed E-state index contributed by atoms with van der Waals surface area (Å²) in [4.78, 5) is 33.9. The van der Waals surface area contributed by atoms with Gasteiger partial charge in [-0.3, -0.25) is 14.5 Å². The lowest BCUT2D eigenvalue weighted by Gasteiger charge is -2.36. The lowest BCUT2D eigenvalue weighted by atomic mass is 9.94. The predicted octanol–water partition coefficient (Wildman–Crippen LogP) is 3.39. The van der Waals surface area contributed by atoms with E-state index in [0.717, 1.165) is 47.4 Å². The third kappa shape index (κ3) is 6.96. The number of carbonyl (C=O) groups excluding carboxylic acids is 2. The molecular weight excluding hydrogens is 640 g/mol. The number of pyridine rings is 1. The molecule has 2 aliphatic rings. The van der Waals surface area contributed by atoms with Crippen molar-refractivity contribution in [3.63, 3.8) is 0 Å². The lowest BCUT2D eigenvalue weighted by molar-refractivity contribution is -0.127. The molecule has 3 aromatic rings. The van der Waals surface area contributed by atoms with Gasteiger partial charge in [-0.25, -0.2) is 31.3 Å². The van der Waals surface area contributed by atoms with Gasteiger partial charge < -0.3 is 5.32 Å². The molecule has 12 nitrogen and oxygen atoms in total. The van der Waals surface area contributed by atoms with Crippen molar-refractivity contribution in [1.82, 2.24) is 10.3 Å². The van der Waals surface area contributed by atoms with Crippen molar-refractivity contribution in [3.8, 4) is 6.07 Å². The molecule has 0 radical (unpaired) electrons. The van der Waals surface area contributed by atoms with Gasteiger partial charge in [0.1, 0.15) is 17.9 Å². The van der Waals surface area contributed by atoms with E-state index in [1.807, 2.05) is 6.07 Å². The zero-order chi connectivity index (χ0) is 32.4. The first kappa shape index (κ1) is 32.4. The highest BCUT2D eigenvalue weighted by molar-refractivity contribution is 7.93. The van der Waals surface area contributed by atoms with E-state index in [0.29, 0.717) is 0 Å². The molecule has 2 heterocycles. The van der Waals surface area contributed by atoms with E-state index >= 15 is 0 Å². The minimum atomic E-state index is -4.24. The molecule has 236 valence electrons. The van der Waals surface area contributed by atoms with Crippen LogP contribution in [0.25, 0.3) is 0 Å². The molecule has 2 fully saturated rings. The minimum Gasteiger partial charge on any atom is -0.351 e. The van der Waals surface area contributed by atoms with Crippen molar-refractivity contribution < 1.29 is 26.4 Å². The first-order valence-electron chi connectivity index (χ1n) is 14.3. The average Bonchev–Trinajstić information content (AvgIpc) is 3.34. The standard InChI is InChI=1S/C30H31ClN6O6S2/c31-25-12-5-4-11-24(25)28(29(38)35-21-7-2-1-3-8-21)36(22-9-6-10-23(18-22)45(33,42)43)30(39)26-14-16-44(40,41)37(26)27-17-20(19-32)13-15-34-27/h4-6,9-13,15,17-18,21,26,28H,1-3,7-8,14,16H2,(H,35,38)(H2,33,42,43)/t26-,28-/m0/s1. The van der Waals surface area contributed by atoms with Gasteiger partial charge in [-0.2, -0.15) is 5.26 Å². The van der Waals surface area contributed by atoms with Crippen LogP contribution in [-0.4, -0.2) is 51.5 Å². The summed E-state index contributed by atoms with van der Waals surface area (Å²) in [5, 5.41) is 18.1. The highest BCUT2D eigenvalue weighted by atomic mass is 35.5. The van der Waals surface area contributed by atoms with E-state index in [1.54, 1.807) is 24.3 Å². The summed E-state index contributed by atoms with van der Waals surface area (Å²) >= 11 is 6.63. The fourth-order valence-corrected chi connectivity index (χ4v) is 8.28. The molecule has 5 rings (SSSR count). The molecule has 2 aromatic carbocycles.